The zero-order valence-corrected chi connectivity index (χ0v) is 14.2. The van der Waals surface area contributed by atoms with Gasteiger partial charge in [-0.15, -0.1) is 0 Å². The summed E-state index contributed by atoms with van der Waals surface area (Å²) in [6.07, 6.45) is 2.54. The number of rotatable bonds is 6. The fourth-order valence-electron chi connectivity index (χ4n) is 1.96. The quantitative estimate of drug-likeness (QED) is 0.789. The van der Waals surface area contributed by atoms with Crippen LogP contribution in [0.15, 0.2) is 26.2 Å². The third-order valence-electron chi connectivity index (χ3n) is 2.98. The van der Waals surface area contributed by atoms with Crippen molar-refractivity contribution in [2.45, 2.75) is 31.3 Å². The molecular weight excluding hydrogens is 360 g/mol. The van der Waals surface area contributed by atoms with Crippen LogP contribution in [-0.2, 0) is 36.6 Å². The second kappa shape index (κ2) is 6.30. The molecule has 0 saturated heterocycles. The van der Waals surface area contributed by atoms with E-state index in [2.05, 4.69) is 25.8 Å². The monoisotopic (exact) mass is 376 g/mol. The number of nitrogens with two attached hydrogens (primary N) is 1. The highest BCUT2D eigenvalue weighted by Crippen LogP contribution is 2.26. The van der Waals surface area contributed by atoms with E-state index < -0.39 is 10.0 Å². The van der Waals surface area contributed by atoms with Gasteiger partial charge in [-0.25, -0.2) is 13.1 Å². The number of hydrogen-bond acceptors (Lipinski definition) is 5. The minimum Gasteiger partial charge on any atom is -0.452 e. The summed E-state index contributed by atoms with van der Waals surface area (Å²) in [4.78, 5) is 0.0462. The molecule has 7 nitrogen and oxygen atoms in total. The van der Waals surface area contributed by atoms with Crippen LogP contribution in [0, 0.1) is 0 Å². The number of nitrogens with zero attached hydrogens (tertiary/aromatic N) is 2. The van der Waals surface area contributed by atoms with Gasteiger partial charge in [-0.2, -0.15) is 5.10 Å². The topological polar surface area (TPSA) is 103 Å². The van der Waals surface area contributed by atoms with E-state index in [1.54, 1.807) is 17.9 Å². The second-order valence-corrected chi connectivity index (χ2v) is 6.96. The Morgan fingerprint density at radius 2 is 2.24 bits per heavy atom. The Morgan fingerprint density at radius 3 is 2.81 bits per heavy atom. The summed E-state index contributed by atoms with van der Waals surface area (Å²) >= 11 is 3.09. The van der Waals surface area contributed by atoms with Gasteiger partial charge < -0.3 is 10.2 Å². The Labute approximate surface area is 131 Å². The molecule has 0 amide bonds. The van der Waals surface area contributed by atoms with Crippen LogP contribution in [0.25, 0.3) is 0 Å². The Bertz CT molecular complexity index is 736. The summed E-state index contributed by atoms with van der Waals surface area (Å²) in [5.74, 6) is 0.401. The van der Waals surface area contributed by atoms with Crippen molar-refractivity contribution in [3.05, 3.63) is 34.0 Å². The highest BCUT2D eigenvalue weighted by atomic mass is 79.9. The molecule has 0 aliphatic rings. The van der Waals surface area contributed by atoms with Gasteiger partial charge in [0.25, 0.3) is 0 Å². The first-order valence-electron chi connectivity index (χ1n) is 6.36. The average Bonchev–Trinajstić information content (AvgIpc) is 2.99. The van der Waals surface area contributed by atoms with Crippen molar-refractivity contribution in [2.24, 2.45) is 12.8 Å². The van der Waals surface area contributed by atoms with E-state index in [0.717, 1.165) is 17.7 Å². The first-order valence-corrected chi connectivity index (χ1v) is 8.64. The minimum atomic E-state index is -3.68. The maximum atomic E-state index is 12.3. The lowest BCUT2D eigenvalue weighted by Crippen LogP contribution is -2.23. The van der Waals surface area contributed by atoms with Gasteiger partial charge in [-0.05, 0) is 22.4 Å². The molecule has 0 aromatic carbocycles. The molecule has 0 aliphatic carbocycles. The maximum Gasteiger partial charge on any atom is 0.245 e. The summed E-state index contributed by atoms with van der Waals surface area (Å²) in [7, 11) is -1.87. The molecule has 3 N–H and O–H groups in total. The van der Waals surface area contributed by atoms with Gasteiger partial charge >= 0.3 is 0 Å². The van der Waals surface area contributed by atoms with Gasteiger partial charge in [0.1, 0.15) is 10.7 Å². The van der Waals surface area contributed by atoms with E-state index in [0.29, 0.717) is 5.76 Å². The summed E-state index contributed by atoms with van der Waals surface area (Å²) in [6.45, 7) is 2.28. The molecule has 0 saturated carbocycles. The van der Waals surface area contributed by atoms with Crippen molar-refractivity contribution in [3.8, 4) is 0 Å². The standard InChI is InChI=1S/C12H17BrN4O3S/c1-3-10-8(7-17(2)16-10)6-15-21(18,19)11-4-9(5-14)20-12(11)13/h4,7,15H,3,5-6,14H2,1-2H3. The number of furan rings is 1. The molecule has 0 atom stereocenters. The third kappa shape index (κ3) is 3.54. The van der Waals surface area contributed by atoms with Crippen molar-refractivity contribution < 1.29 is 12.8 Å². The van der Waals surface area contributed by atoms with Crippen molar-refractivity contribution in [3.63, 3.8) is 0 Å². The van der Waals surface area contributed by atoms with Gasteiger partial charge in [0.15, 0.2) is 4.67 Å². The van der Waals surface area contributed by atoms with Crippen molar-refractivity contribution >= 4 is 26.0 Å². The zero-order chi connectivity index (χ0) is 15.6. The Hall–Kier alpha value is -1.16. The molecule has 0 fully saturated rings. The molecular formula is C12H17BrN4O3S. The molecule has 2 aromatic heterocycles. The van der Waals surface area contributed by atoms with E-state index in [-0.39, 0.29) is 22.7 Å². The fourth-order valence-corrected chi connectivity index (χ4v) is 3.96. The van der Waals surface area contributed by atoms with E-state index >= 15 is 0 Å². The molecule has 116 valence electrons. The van der Waals surface area contributed by atoms with Gasteiger partial charge in [0, 0.05) is 31.4 Å². The molecule has 2 aromatic rings. The number of sulfonamides is 1. The average molecular weight is 377 g/mol. The summed E-state index contributed by atoms with van der Waals surface area (Å²) in [5, 5.41) is 4.28. The third-order valence-corrected chi connectivity index (χ3v) is 5.23. The van der Waals surface area contributed by atoms with Crippen LogP contribution in [0.1, 0.15) is 23.9 Å². The van der Waals surface area contributed by atoms with Gasteiger partial charge in [-0.3, -0.25) is 4.68 Å². The largest absolute Gasteiger partial charge is 0.452 e. The Morgan fingerprint density at radius 1 is 1.52 bits per heavy atom. The molecule has 0 bridgehead atoms. The molecule has 9 heteroatoms. The molecule has 2 rings (SSSR count). The van der Waals surface area contributed by atoms with Gasteiger partial charge in [-0.1, -0.05) is 6.92 Å². The van der Waals surface area contributed by atoms with Gasteiger partial charge in [0.2, 0.25) is 10.0 Å². The molecule has 0 spiro atoms. The smallest absolute Gasteiger partial charge is 0.245 e. The van der Waals surface area contributed by atoms with Crippen LogP contribution in [0.3, 0.4) is 0 Å². The molecule has 21 heavy (non-hydrogen) atoms. The van der Waals surface area contributed by atoms with E-state index in [1.807, 2.05) is 6.92 Å². The first kappa shape index (κ1) is 16.2. The Kier molecular flexibility index (Phi) is 4.87. The minimum absolute atomic E-state index is 0.0462. The lowest BCUT2D eigenvalue weighted by molar-refractivity contribution is 0.483. The van der Waals surface area contributed by atoms with Gasteiger partial charge in [0.05, 0.1) is 12.2 Å². The summed E-state index contributed by atoms with van der Waals surface area (Å²) < 4.78 is 34.2. The molecule has 0 unspecified atom stereocenters. The van der Waals surface area contributed by atoms with Crippen LogP contribution in [-0.4, -0.2) is 18.2 Å². The van der Waals surface area contributed by atoms with Crippen LogP contribution in [0.5, 0.6) is 0 Å². The van der Waals surface area contributed by atoms with E-state index in [4.69, 9.17) is 10.2 Å². The lowest BCUT2D eigenvalue weighted by atomic mass is 10.2. The SMILES string of the molecule is CCc1nn(C)cc1CNS(=O)(=O)c1cc(CN)oc1Br. The number of nitrogens with one attached hydrogen (secondary N) is 1. The number of hydrogen-bond donors (Lipinski definition) is 2. The number of halogens is 1. The van der Waals surface area contributed by atoms with E-state index in [1.165, 1.54) is 6.07 Å². The predicted octanol–water partition coefficient (Wildman–Crippen LogP) is 1.28. The Balaban J connectivity index is 2.19. The number of aryl methyl sites for hydroxylation is 2. The molecule has 2 heterocycles. The van der Waals surface area contributed by atoms with Crippen LogP contribution in [0.4, 0.5) is 0 Å². The maximum absolute atomic E-state index is 12.3. The molecule has 0 radical (unpaired) electrons. The van der Waals surface area contributed by atoms with Crippen molar-refractivity contribution in [2.75, 3.05) is 0 Å². The highest BCUT2D eigenvalue weighted by Gasteiger charge is 2.22. The highest BCUT2D eigenvalue weighted by molar-refractivity contribution is 9.10. The van der Waals surface area contributed by atoms with E-state index in [9.17, 15) is 8.42 Å². The predicted molar refractivity (Wildman–Crippen MR) is 80.9 cm³/mol. The fraction of sp³-hybridized carbons (Fsp3) is 0.417. The van der Waals surface area contributed by atoms with Crippen LogP contribution >= 0.6 is 15.9 Å². The van der Waals surface area contributed by atoms with Crippen molar-refractivity contribution in [1.82, 2.24) is 14.5 Å². The molecule has 0 aliphatic heterocycles. The summed E-state index contributed by atoms with van der Waals surface area (Å²) in [5.41, 5.74) is 7.16. The normalized spacial score (nSPS) is 12.0. The van der Waals surface area contributed by atoms with Crippen LogP contribution < -0.4 is 10.5 Å². The first-order chi connectivity index (χ1) is 9.87. The second-order valence-electron chi connectivity index (χ2n) is 4.51. The van der Waals surface area contributed by atoms with Crippen LogP contribution in [0.2, 0.25) is 0 Å². The van der Waals surface area contributed by atoms with Crippen molar-refractivity contribution in [1.29, 1.82) is 0 Å². The zero-order valence-electron chi connectivity index (χ0n) is 11.8. The summed E-state index contributed by atoms with van der Waals surface area (Å²) in [6, 6.07) is 1.41. The number of aromatic nitrogens is 2. The lowest BCUT2D eigenvalue weighted by Gasteiger charge is -2.04.